The number of nitrogens with one attached hydrogen (secondary N) is 1. The van der Waals surface area contributed by atoms with Crippen molar-refractivity contribution in [3.8, 4) is 11.5 Å². The summed E-state index contributed by atoms with van der Waals surface area (Å²) in [4.78, 5) is 22.4. The normalized spacial score (nSPS) is 9.89. The number of phenols is 2. The summed E-state index contributed by atoms with van der Waals surface area (Å²) in [6.07, 6.45) is 0.368. The van der Waals surface area contributed by atoms with Crippen molar-refractivity contribution in [1.82, 2.24) is 0 Å². The molecule has 5 nitrogen and oxygen atoms in total. The number of aromatic hydroxyl groups is 2. The van der Waals surface area contributed by atoms with Crippen molar-refractivity contribution in [1.29, 1.82) is 0 Å². The number of carbonyl (C=O) groups excluding carboxylic acids is 2. The maximum Gasteiger partial charge on any atom is 0.211 e. The van der Waals surface area contributed by atoms with E-state index in [-0.39, 0.29) is 22.7 Å². The third-order valence-electron chi connectivity index (χ3n) is 2.61. The Hall–Kier alpha value is -2.82. The summed E-state index contributed by atoms with van der Waals surface area (Å²) in [7, 11) is 0. The van der Waals surface area contributed by atoms with Gasteiger partial charge in [0.2, 0.25) is 6.41 Å². The van der Waals surface area contributed by atoms with E-state index < -0.39 is 5.78 Å². The van der Waals surface area contributed by atoms with Crippen LogP contribution in [0.4, 0.5) is 5.69 Å². The third-order valence-corrected chi connectivity index (χ3v) is 2.61. The Labute approximate surface area is 109 Å². The highest BCUT2D eigenvalue weighted by Gasteiger charge is 2.16. The summed E-state index contributed by atoms with van der Waals surface area (Å²) in [5.41, 5.74) is 0.408. The Morgan fingerprint density at radius 1 is 1.05 bits per heavy atom. The number of carbonyl (C=O) groups is 2. The van der Waals surface area contributed by atoms with Gasteiger partial charge in [0.25, 0.3) is 0 Å². The quantitative estimate of drug-likeness (QED) is 0.338. The number of hydrogen-bond donors (Lipinski definition) is 3. The summed E-state index contributed by atoms with van der Waals surface area (Å²) in [5.74, 6) is -1.01. The molecule has 2 rings (SSSR count). The van der Waals surface area contributed by atoms with Gasteiger partial charge >= 0.3 is 0 Å². The minimum atomic E-state index is -0.411. The van der Waals surface area contributed by atoms with E-state index in [0.29, 0.717) is 12.0 Å². The van der Waals surface area contributed by atoms with E-state index >= 15 is 0 Å². The van der Waals surface area contributed by atoms with Crippen LogP contribution in [-0.4, -0.2) is 22.4 Å². The molecule has 2 aromatic rings. The van der Waals surface area contributed by atoms with Gasteiger partial charge in [-0.05, 0) is 6.07 Å². The summed E-state index contributed by atoms with van der Waals surface area (Å²) >= 11 is 0. The Kier molecular flexibility index (Phi) is 3.47. The van der Waals surface area contributed by atoms with Gasteiger partial charge in [0.05, 0.1) is 11.3 Å². The van der Waals surface area contributed by atoms with Gasteiger partial charge in [-0.15, -0.1) is 0 Å². The topological polar surface area (TPSA) is 86.6 Å². The van der Waals surface area contributed by atoms with Crippen LogP contribution in [0.5, 0.6) is 11.5 Å². The molecule has 0 atom stereocenters. The van der Waals surface area contributed by atoms with Gasteiger partial charge < -0.3 is 15.5 Å². The molecule has 0 aliphatic carbocycles. The maximum absolute atomic E-state index is 12.1. The van der Waals surface area contributed by atoms with Crippen LogP contribution in [0.2, 0.25) is 0 Å². The predicted octanol–water partition coefficient (Wildman–Crippen LogP) is 1.90. The van der Waals surface area contributed by atoms with Crippen LogP contribution in [0.15, 0.2) is 42.5 Å². The molecule has 19 heavy (non-hydrogen) atoms. The molecule has 2 aromatic carbocycles. The first-order valence-corrected chi connectivity index (χ1v) is 5.49. The minimum absolute atomic E-state index is 0.0276. The fraction of sp³-hybridized carbons (Fsp3) is 0. The SMILES string of the molecule is O=CNc1cc(O)c(C(=O)c2ccccc2)cc1O. The molecule has 3 N–H and O–H groups in total. The summed E-state index contributed by atoms with van der Waals surface area (Å²) in [5, 5.41) is 21.7. The molecule has 0 aliphatic rings. The van der Waals surface area contributed by atoms with Crippen molar-refractivity contribution in [2.45, 2.75) is 0 Å². The second-order valence-corrected chi connectivity index (χ2v) is 3.84. The maximum atomic E-state index is 12.1. The van der Waals surface area contributed by atoms with Crippen LogP contribution in [0.1, 0.15) is 15.9 Å². The molecular weight excluding hydrogens is 246 g/mol. The molecule has 0 aromatic heterocycles. The van der Waals surface area contributed by atoms with Crippen molar-refractivity contribution in [2.24, 2.45) is 0 Å². The second kappa shape index (κ2) is 5.22. The van der Waals surface area contributed by atoms with Gasteiger partial charge in [0, 0.05) is 11.6 Å². The van der Waals surface area contributed by atoms with E-state index in [4.69, 9.17) is 0 Å². The molecule has 0 saturated heterocycles. The van der Waals surface area contributed by atoms with Gasteiger partial charge in [-0.1, -0.05) is 30.3 Å². The first-order valence-electron chi connectivity index (χ1n) is 5.49. The standard InChI is InChI=1S/C14H11NO4/c16-8-15-11-7-12(17)10(6-13(11)18)14(19)9-4-2-1-3-5-9/h1-8,17-18H,(H,15,16). The lowest BCUT2D eigenvalue weighted by Gasteiger charge is -2.08. The number of ketones is 1. The lowest BCUT2D eigenvalue weighted by atomic mass is 10.0. The predicted molar refractivity (Wildman–Crippen MR) is 69.3 cm³/mol. The number of rotatable bonds is 4. The minimum Gasteiger partial charge on any atom is -0.507 e. The third kappa shape index (κ3) is 2.55. The van der Waals surface area contributed by atoms with Crippen molar-refractivity contribution >= 4 is 17.9 Å². The Balaban J connectivity index is 2.44. The van der Waals surface area contributed by atoms with Gasteiger partial charge in [-0.25, -0.2) is 0 Å². The van der Waals surface area contributed by atoms with Gasteiger partial charge in [-0.3, -0.25) is 9.59 Å². The zero-order valence-electron chi connectivity index (χ0n) is 9.83. The fourth-order valence-corrected chi connectivity index (χ4v) is 1.68. The number of hydrogen-bond acceptors (Lipinski definition) is 4. The molecule has 1 amide bonds. The fourth-order valence-electron chi connectivity index (χ4n) is 1.68. The van der Waals surface area contributed by atoms with Crippen LogP contribution in [0.3, 0.4) is 0 Å². The van der Waals surface area contributed by atoms with Crippen LogP contribution < -0.4 is 5.32 Å². The molecule has 0 saturated carbocycles. The Morgan fingerprint density at radius 3 is 2.37 bits per heavy atom. The van der Waals surface area contributed by atoms with E-state index in [1.807, 2.05) is 0 Å². The monoisotopic (exact) mass is 257 g/mol. The highest BCUT2D eigenvalue weighted by molar-refractivity contribution is 6.11. The lowest BCUT2D eigenvalue weighted by molar-refractivity contribution is -0.105. The van der Waals surface area contributed by atoms with Gasteiger partial charge in [-0.2, -0.15) is 0 Å². The zero-order chi connectivity index (χ0) is 13.8. The molecule has 5 heteroatoms. The first kappa shape index (κ1) is 12.6. The number of amides is 1. The highest BCUT2D eigenvalue weighted by Crippen LogP contribution is 2.32. The molecule has 0 unspecified atom stereocenters. The smallest absolute Gasteiger partial charge is 0.211 e. The summed E-state index contributed by atoms with van der Waals surface area (Å²) in [6, 6.07) is 10.6. The second-order valence-electron chi connectivity index (χ2n) is 3.84. The average Bonchev–Trinajstić information content (AvgIpc) is 2.43. The molecule has 0 radical (unpaired) electrons. The van der Waals surface area contributed by atoms with Crippen molar-refractivity contribution in [2.75, 3.05) is 5.32 Å². The van der Waals surface area contributed by atoms with E-state index in [2.05, 4.69) is 5.32 Å². The number of phenolic OH excluding ortho intramolecular Hbond substituents is 2. The Bertz CT molecular complexity index is 623. The van der Waals surface area contributed by atoms with Crippen molar-refractivity contribution < 1.29 is 19.8 Å². The largest absolute Gasteiger partial charge is 0.507 e. The summed E-state index contributed by atoms with van der Waals surface area (Å²) < 4.78 is 0. The average molecular weight is 257 g/mol. The Morgan fingerprint density at radius 2 is 1.74 bits per heavy atom. The molecule has 0 spiro atoms. The van der Waals surface area contributed by atoms with Gasteiger partial charge in [0.1, 0.15) is 11.5 Å². The van der Waals surface area contributed by atoms with Crippen molar-refractivity contribution in [3.63, 3.8) is 0 Å². The molecule has 0 bridgehead atoms. The molecule has 0 heterocycles. The molecular formula is C14H11NO4. The van der Waals surface area contributed by atoms with Gasteiger partial charge in [0.15, 0.2) is 5.78 Å². The van der Waals surface area contributed by atoms with Crippen LogP contribution in [0.25, 0.3) is 0 Å². The van der Waals surface area contributed by atoms with Crippen molar-refractivity contribution in [3.05, 3.63) is 53.6 Å². The molecule has 96 valence electrons. The zero-order valence-corrected chi connectivity index (χ0v) is 9.83. The summed E-state index contributed by atoms with van der Waals surface area (Å²) in [6.45, 7) is 0. The van der Waals surface area contributed by atoms with Crippen LogP contribution >= 0.6 is 0 Å². The van der Waals surface area contributed by atoms with E-state index in [1.165, 1.54) is 0 Å². The number of anilines is 1. The van der Waals surface area contributed by atoms with Crippen LogP contribution in [-0.2, 0) is 4.79 Å². The molecule has 0 fully saturated rings. The highest BCUT2D eigenvalue weighted by atomic mass is 16.3. The lowest BCUT2D eigenvalue weighted by Crippen LogP contribution is -2.03. The number of benzene rings is 2. The van der Waals surface area contributed by atoms with E-state index in [0.717, 1.165) is 12.1 Å². The van der Waals surface area contributed by atoms with E-state index in [9.17, 15) is 19.8 Å². The molecule has 0 aliphatic heterocycles. The first-order chi connectivity index (χ1) is 9.13. The van der Waals surface area contributed by atoms with Crippen LogP contribution in [0, 0.1) is 0 Å². The van der Waals surface area contributed by atoms with E-state index in [1.54, 1.807) is 30.3 Å².